The van der Waals surface area contributed by atoms with Gasteiger partial charge in [0.05, 0.1) is 17.9 Å². The molecule has 0 bridgehead atoms. The second kappa shape index (κ2) is 6.96. The fourth-order valence-electron chi connectivity index (χ4n) is 3.26. The standard InChI is InChI=1S/C21H17ClN2O3S/c1-15-11-12-17(22)13-19(15)24-21(25)23(14-16-7-3-2-4-8-16)18-9-5-6-10-20(18)28(24,26)27/h2-13H,14H2,1H3. The van der Waals surface area contributed by atoms with Gasteiger partial charge in [-0.2, -0.15) is 4.31 Å². The molecule has 0 spiro atoms. The molecule has 4 rings (SSSR count). The van der Waals surface area contributed by atoms with E-state index in [1.807, 2.05) is 30.3 Å². The number of urea groups is 1. The van der Waals surface area contributed by atoms with Crippen LogP contribution in [-0.2, 0) is 16.6 Å². The highest BCUT2D eigenvalue weighted by molar-refractivity contribution is 7.94. The summed E-state index contributed by atoms with van der Waals surface area (Å²) in [6.07, 6.45) is 0. The van der Waals surface area contributed by atoms with Crippen molar-refractivity contribution in [2.45, 2.75) is 18.4 Å². The van der Waals surface area contributed by atoms with Crippen molar-refractivity contribution in [1.82, 2.24) is 0 Å². The minimum atomic E-state index is -4.07. The minimum Gasteiger partial charge on any atom is -0.287 e. The van der Waals surface area contributed by atoms with Crippen molar-refractivity contribution < 1.29 is 13.2 Å². The molecule has 0 aromatic heterocycles. The highest BCUT2D eigenvalue weighted by Gasteiger charge is 2.42. The molecule has 0 atom stereocenters. The van der Waals surface area contributed by atoms with E-state index in [2.05, 4.69) is 0 Å². The third-order valence-corrected chi connectivity index (χ3v) is 6.62. The molecular formula is C21H17ClN2O3S. The van der Waals surface area contributed by atoms with E-state index < -0.39 is 16.1 Å². The summed E-state index contributed by atoms with van der Waals surface area (Å²) in [5, 5.41) is 0.358. The van der Waals surface area contributed by atoms with Crippen molar-refractivity contribution in [1.29, 1.82) is 0 Å². The van der Waals surface area contributed by atoms with Crippen LogP contribution in [0.3, 0.4) is 0 Å². The number of rotatable bonds is 3. The van der Waals surface area contributed by atoms with Gasteiger partial charge >= 0.3 is 6.03 Å². The Morgan fingerprint density at radius 2 is 1.57 bits per heavy atom. The van der Waals surface area contributed by atoms with Crippen LogP contribution in [0, 0.1) is 6.92 Å². The van der Waals surface area contributed by atoms with E-state index in [4.69, 9.17) is 11.6 Å². The van der Waals surface area contributed by atoms with Crippen LogP contribution in [0.1, 0.15) is 11.1 Å². The van der Waals surface area contributed by atoms with Gasteiger partial charge in [-0.1, -0.05) is 60.1 Å². The van der Waals surface area contributed by atoms with Crippen molar-refractivity contribution in [3.8, 4) is 0 Å². The first-order valence-electron chi connectivity index (χ1n) is 8.65. The predicted molar refractivity (Wildman–Crippen MR) is 110 cm³/mol. The Labute approximate surface area is 168 Å². The molecule has 28 heavy (non-hydrogen) atoms. The van der Waals surface area contributed by atoms with E-state index in [9.17, 15) is 13.2 Å². The summed E-state index contributed by atoms with van der Waals surface area (Å²) in [6, 6.07) is 20.2. The molecule has 0 N–H and O–H groups in total. The molecule has 7 heteroatoms. The molecule has 0 unspecified atom stereocenters. The van der Waals surface area contributed by atoms with Crippen molar-refractivity contribution in [3.63, 3.8) is 0 Å². The van der Waals surface area contributed by atoms with Gasteiger partial charge in [0, 0.05) is 5.02 Å². The molecule has 0 saturated heterocycles. The van der Waals surface area contributed by atoms with Crippen LogP contribution in [0.2, 0.25) is 5.02 Å². The zero-order valence-corrected chi connectivity index (χ0v) is 16.6. The molecular weight excluding hydrogens is 396 g/mol. The SMILES string of the molecule is Cc1ccc(Cl)cc1N1C(=O)N(Cc2ccccc2)c2ccccc2S1(=O)=O. The number of hydrogen-bond donors (Lipinski definition) is 0. The van der Waals surface area contributed by atoms with Crippen LogP contribution < -0.4 is 9.21 Å². The highest BCUT2D eigenvalue weighted by Crippen LogP contribution is 2.39. The first kappa shape index (κ1) is 18.5. The molecule has 1 aliphatic heterocycles. The molecule has 3 aromatic rings. The second-order valence-corrected chi connectivity index (χ2v) is 8.71. The Bertz CT molecular complexity index is 1160. The molecule has 0 fully saturated rings. The number of aryl methyl sites for hydroxylation is 1. The van der Waals surface area contributed by atoms with Crippen LogP contribution in [-0.4, -0.2) is 14.4 Å². The second-order valence-electron chi connectivity index (χ2n) is 6.52. The van der Waals surface area contributed by atoms with E-state index in [1.165, 1.54) is 17.0 Å². The summed E-state index contributed by atoms with van der Waals surface area (Å²) < 4.78 is 27.5. The van der Waals surface area contributed by atoms with E-state index in [0.717, 1.165) is 9.87 Å². The third kappa shape index (κ3) is 3.04. The van der Waals surface area contributed by atoms with Gasteiger partial charge in [0.25, 0.3) is 10.0 Å². The first-order chi connectivity index (χ1) is 13.4. The lowest BCUT2D eigenvalue weighted by molar-refractivity contribution is 0.253. The zero-order chi connectivity index (χ0) is 19.9. The summed E-state index contributed by atoms with van der Waals surface area (Å²) in [5.41, 5.74) is 2.16. The number of carbonyl (C=O) groups is 1. The summed E-state index contributed by atoms with van der Waals surface area (Å²) >= 11 is 6.10. The third-order valence-electron chi connectivity index (χ3n) is 4.65. The van der Waals surface area contributed by atoms with Crippen LogP contribution in [0.5, 0.6) is 0 Å². The van der Waals surface area contributed by atoms with Crippen LogP contribution in [0.15, 0.2) is 77.7 Å². The number of anilines is 2. The summed E-state index contributed by atoms with van der Waals surface area (Å²) in [5.74, 6) is 0. The average Bonchev–Trinajstić information content (AvgIpc) is 2.69. The Morgan fingerprint density at radius 3 is 2.32 bits per heavy atom. The number of amides is 2. The molecule has 1 heterocycles. The maximum absolute atomic E-state index is 13.4. The van der Waals surface area contributed by atoms with Crippen molar-refractivity contribution in [3.05, 3.63) is 88.9 Å². The number of carbonyl (C=O) groups excluding carboxylic acids is 1. The van der Waals surface area contributed by atoms with E-state index in [1.54, 1.807) is 37.3 Å². The summed E-state index contributed by atoms with van der Waals surface area (Å²) in [7, 11) is -4.07. The van der Waals surface area contributed by atoms with Gasteiger partial charge in [-0.3, -0.25) is 4.90 Å². The Balaban J connectivity index is 1.91. The summed E-state index contributed by atoms with van der Waals surface area (Å²) in [4.78, 5) is 15.0. The van der Waals surface area contributed by atoms with Crippen LogP contribution in [0.25, 0.3) is 0 Å². The fourth-order valence-corrected chi connectivity index (χ4v) is 5.08. The predicted octanol–water partition coefficient (Wildman–Crippen LogP) is 4.98. The van der Waals surface area contributed by atoms with Crippen molar-refractivity contribution >= 4 is 39.0 Å². The molecule has 5 nitrogen and oxygen atoms in total. The lowest BCUT2D eigenvalue weighted by Gasteiger charge is -2.36. The fraction of sp³-hybridized carbons (Fsp3) is 0.0952. The van der Waals surface area contributed by atoms with Gasteiger partial charge in [-0.05, 0) is 42.3 Å². The van der Waals surface area contributed by atoms with Gasteiger partial charge in [-0.15, -0.1) is 0 Å². The molecule has 0 saturated carbocycles. The van der Waals surface area contributed by atoms with Gasteiger partial charge < -0.3 is 0 Å². The number of nitrogens with zero attached hydrogens (tertiary/aromatic N) is 2. The number of para-hydroxylation sites is 1. The molecule has 0 radical (unpaired) electrons. The van der Waals surface area contributed by atoms with Crippen molar-refractivity contribution in [2.24, 2.45) is 0 Å². The zero-order valence-electron chi connectivity index (χ0n) is 15.0. The number of hydrogen-bond acceptors (Lipinski definition) is 3. The number of halogens is 1. The van der Waals surface area contributed by atoms with Gasteiger partial charge in [0.15, 0.2) is 0 Å². The first-order valence-corrected chi connectivity index (χ1v) is 10.5. The highest BCUT2D eigenvalue weighted by atomic mass is 35.5. The lowest BCUT2D eigenvalue weighted by Crippen LogP contribution is -2.51. The quantitative estimate of drug-likeness (QED) is 0.609. The minimum absolute atomic E-state index is 0.0879. The molecule has 3 aromatic carbocycles. The normalized spacial score (nSPS) is 15.4. The average molecular weight is 413 g/mol. The molecule has 2 amide bonds. The van der Waals surface area contributed by atoms with Crippen molar-refractivity contribution in [2.75, 3.05) is 9.21 Å². The monoisotopic (exact) mass is 412 g/mol. The largest absolute Gasteiger partial charge is 0.343 e. The number of sulfonamides is 1. The van der Waals surface area contributed by atoms with E-state index in [-0.39, 0.29) is 17.1 Å². The van der Waals surface area contributed by atoms with Crippen LogP contribution in [0.4, 0.5) is 16.2 Å². The maximum atomic E-state index is 13.4. The van der Waals surface area contributed by atoms with Gasteiger partial charge in [0.1, 0.15) is 4.90 Å². The Hall–Kier alpha value is -2.83. The maximum Gasteiger partial charge on any atom is 0.343 e. The topological polar surface area (TPSA) is 57.7 Å². The molecule has 142 valence electrons. The summed E-state index contributed by atoms with van der Waals surface area (Å²) in [6.45, 7) is 2.00. The molecule has 0 aliphatic carbocycles. The number of benzene rings is 3. The lowest BCUT2D eigenvalue weighted by atomic mass is 10.2. The Kier molecular flexibility index (Phi) is 4.61. The smallest absolute Gasteiger partial charge is 0.287 e. The van der Waals surface area contributed by atoms with Gasteiger partial charge in [0.2, 0.25) is 0 Å². The number of fused-ring (bicyclic) bond motifs is 1. The van der Waals surface area contributed by atoms with Crippen LogP contribution >= 0.6 is 11.6 Å². The van der Waals surface area contributed by atoms with E-state index in [0.29, 0.717) is 16.3 Å². The van der Waals surface area contributed by atoms with Gasteiger partial charge in [-0.25, -0.2) is 13.2 Å². The Morgan fingerprint density at radius 1 is 0.893 bits per heavy atom. The molecule has 1 aliphatic rings. The van der Waals surface area contributed by atoms with E-state index >= 15 is 0 Å².